The lowest BCUT2D eigenvalue weighted by Gasteiger charge is -2.27. The van der Waals surface area contributed by atoms with Gasteiger partial charge in [-0.25, -0.2) is 0 Å². The van der Waals surface area contributed by atoms with E-state index < -0.39 is 5.97 Å². The first-order valence-corrected chi connectivity index (χ1v) is 5.53. The lowest BCUT2D eigenvalue weighted by molar-refractivity contribution is -0.137. The molecule has 1 N–H and O–H groups in total. The van der Waals surface area contributed by atoms with Crippen LogP contribution >= 0.6 is 0 Å². The molecule has 0 bridgehead atoms. The van der Waals surface area contributed by atoms with Crippen LogP contribution < -0.4 is 4.74 Å². The lowest BCUT2D eigenvalue weighted by atomic mass is 9.86. The number of carboxylic acids is 1. The van der Waals surface area contributed by atoms with Crippen LogP contribution in [0.2, 0.25) is 0 Å². The van der Waals surface area contributed by atoms with Crippen molar-refractivity contribution >= 4 is 5.97 Å². The van der Waals surface area contributed by atoms with E-state index in [9.17, 15) is 4.79 Å². The maximum atomic E-state index is 10.8. The zero-order valence-electron chi connectivity index (χ0n) is 9.62. The molecule has 0 fully saturated rings. The predicted octanol–water partition coefficient (Wildman–Crippen LogP) is 2.64. The highest BCUT2D eigenvalue weighted by atomic mass is 16.5. The Morgan fingerprint density at radius 1 is 1.50 bits per heavy atom. The number of hydrogen-bond donors (Lipinski definition) is 1. The lowest BCUT2D eigenvalue weighted by Crippen LogP contribution is -2.18. The van der Waals surface area contributed by atoms with E-state index in [2.05, 4.69) is 6.07 Å². The third kappa shape index (κ3) is 2.03. The molecule has 0 spiro atoms. The van der Waals surface area contributed by atoms with Crippen molar-refractivity contribution in [1.82, 2.24) is 0 Å². The van der Waals surface area contributed by atoms with Crippen LogP contribution in [0.4, 0.5) is 0 Å². The molecule has 1 aliphatic heterocycles. The molecule has 1 unspecified atom stereocenters. The Hall–Kier alpha value is -1.51. The van der Waals surface area contributed by atoms with Gasteiger partial charge < -0.3 is 9.84 Å². The number of ether oxygens (including phenoxy) is 1. The summed E-state index contributed by atoms with van der Waals surface area (Å²) in [4.78, 5) is 10.8. The van der Waals surface area contributed by atoms with Crippen LogP contribution in [-0.2, 0) is 4.79 Å². The molecule has 1 aromatic rings. The average molecular weight is 220 g/mol. The first kappa shape index (κ1) is 11.0. The number of hydrogen-bond acceptors (Lipinski definition) is 2. The van der Waals surface area contributed by atoms with Gasteiger partial charge in [-0.1, -0.05) is 6.07 Å². The van der Waals surface area contributed by atoms with Crippen molar-refractivity contribution in [1.29, 1.82) is 0 Å². The van der Waals surface area contributed by atoms with Crippen molar-refractivity contribution < 1.29 is 14.6 Å². The summed E-state index contributed by atoms with van der Waals surface area (Å²) in [5.41, 5.74) is 3.38. The minimum absolute atomic E-state index is 0.0989. The third-order valence-corrected chi connectivity index (χ3v) is 3.05. The first-order chi connectivity index (χ1) is 7.58. The molecule has 0 aliphatic carbocycles. The van der Waals surface area contributed by atoms with Gasteiger partial charge >= 0.3 is 5.97 Å². The molecule has 0 saturated carbocycles. The standard InChI is InChI=1S/C13H16O3/c1-8-5-9(2)13-10(7-12(14)15)3-4-16-11(13)6-8/h5-6,10H,3-4,7H2,1-2H3,(H,14,15). The van der Waals surface area contributed by atoms with Crippen molar-refractivity contribution in [2.75, 3.05) is 6.61 Å². The second-order valence-corrected chi connectivity index (χ2v) is 4.43. The van der Waals surface area contributed by atoms with Gasteiger partial charge in [0.05, 0.1) is 13.0 Å². The molecule has 16 heavy (non-hydrogen) atoms. The van der Waals surface area contributed by atoms with E-state index in [1.54, 1.807) is 0 Å². The van der Waals surface area contributed by atoms with E-state index in [0.29, 0.717) is 6.61 Å². The molecular formula is C13H16O3. The second kappa shape index (κ2) is 4.16. The Labute approximate surface area is 95.0 Å². The van der Waals surface area contributed by atoms with E-state index in [-0.39, 0.29) is 12.3 Å². The first-order valence-electron chi connectivity index (χ1n) is 5.53. The topological polar surface area (TPSA) is 46.5 Å². The molecule has 0 radical (unpaired) electrons. The van der Waals surface area contributed by atoms with Crippen molar-refractivity contribution in [2.45, 2.75) is 32.6 Å². The van der Waals surface area contributed by atoms with Crippen LogP contribution in [0.25, 0.3) is 0 Å². The number of carbonyl (C=O) groups is 1. The zero-order valence-corrected chi connectivity index (χ0v) is 9.62. The molecular weight excluding hydrogens is 204 g/mol. The molecule has 3 nitrogen and oxygen atoms in total. The van der Waals surface area contributed by atoms with Crippen molar-refractivity contribution in [3.8, 4) is 5.75 Å². The monoisotopic (exact) mass is 220 g/mol. The van der Waals surface area contributed by atoms with Crippen LogP contribution in [0.1, 0.15) is 35.4 Å². The highest BCUT2D eigenvalue weighted by Gasteiger charge is 2.25. The largest absolute Gasteiger partial charge is 0.493 e. The van der Waals surface area contributed by atoms with E-state index in [1.807, 2.05) is 19.9 Å². The molecule has 0 amide bonds. The minimum atomic E-state index is -0.738. The van der Waals surface area contributed by atoms with Gasteiger partial charge in [-0.3, -0.25) is 4.79 Å². The van der Waals surface area contributed by atoms with Gasteiger partial charge in [-0.2, -0.15) is 0 Å². The molecule has 0 saturated heterocycles. The number of aliphatic carboxylic acids is 1. The van der Waals surface area contributed by atoms with E-state index >= 15 is 0 Å². The summed E-state index contributed by atoms with van der Waals surface area (Å²) in [5, 5.41) is 8.90. The van der Waals surface area contributed by atoms with Gasteiger partial charge in [0.15, 0.2) is 0 Å². The zero-order chi connectivity index (χ0) is 11.7. The second-order valence-electron chi connectivity index (χ2n) is 4.43. The molecule has 1 aliphatic rings. The van der Waals surface area contributed by atoms with Crippen LogP contribution in [-0.4, -0.2) is 17.7 Å². The molecule has 86 valence electrons. The summed E-state index contributed by atoms with van der Waals surface area (Å²) in [6, 6.07) is 4.08. The van der Waals surface area contributed by atoms with E-state index in [1.165, 1.54) is 0 Å². The quantitative estimate of drug-likeness (QED) is 0.833. The van der Waals surface area contributed by atoms with Gasteiger partial charge in [0.1, 0.15) is 5.75 Å². The highest BCUT2D eigenvalue weighted by Crippen LogP contribution is 2.38. The summed E-state index contributed by atoms with van der Waals surface area (Å²) in [5.74, 6) is 0.231. The molecule has 2 rings (SSSR count). The van der Waals surface area contributed by atoms with Crippen molar-refractivity contribution in [3.05, 3.63) is 28.8 Å². The van der Waals surface area contributed by atoms with Crippen LogP contribution in [0, 0.1) is 13.8 Å². The molecule has 3 heteroatoms. The van der Waals surface area contributed by atoms with Gasteiger partial charge in [0, 0.05) is 11.5 Å². The van der Waals surface area contributed by atoms with Gasteiger partial charge in [0.25, 0.3) is 0 Å². The number of fused-ring (bicyclic) bond motifs is 1. The predicted molar refractivity (Wildman–Crippen MR) is 61.0 cm³/mol. The normalized spacial score (nSPS) is 18.8. The molecule has 0 aromatic heterocycles. The number of carboxylic acid groups (broad SMARTS) is 1. The van der Waals surface area contributed by atoms with Gasteiger partial charge in [0.2, 0.25) is 0 Å². The fourth-order valence-electron chi connectivity index (χ4n) is 2.45. The summed E-state index contributed by atoms with van der Waals surface area (Å²) >= 11 is 0. The van der Waals surface area contributed by atoms with E-state index in [0.717, 1.165) is 28.9 Å². The minimum Gasteiger partial charge on any atom is -0.493 e. The Kier molecular flexibility index (Phi) is 2.86. The van der Waals surface area contributed by atoms with Crippen LogP contribution in [0.15, 0.2) is 12.1 Å². The van der Waals surface area contributed by atoms with E-state index in [4.69, 9.17) is 9.84 Å². The van der Waals surface area contributed by atoms with Crippen molar-refractivity contribution in [3.63, 3.8) is 0 Å². The number of benzene rings is 1. The third-order valence-electron chi connectivity index (χ3n) is 3.05. The summed E-state index contributed by atoms with van der Waals surface area (Å²) in [7, 11) is 0. The maximum absolute atomic E-state index is 10.8. The number of rotatable bonds is 2. The number of aryl methyl sites for hydroxylation is 2. The fourth-order valence-corrected chi connectivity index (χ4v) is 2.45. The summed E-state index contributed by atoms with van der Waals surface area (Å²) < 4.78 is 5.60. The summed E-state index contributed by atoms with van der Waals surface area (Å²) in [6.07, 6.45) is 0.990. The highest BCUT2D eigenvalue weighted by molar-refractivity contribution is 5.68. The SMILES string of the molecule is Cc1cc(C)c2c(c1)OCCC2CC(=O)O. The van der Waals surface area contributed by atoms with Gasteiger partial charge in [-0.15, -0.1) is 0 Å². The Balaban J connectivity index is 2.41. The molecule has 1 atom stereocenters. The van der Waals surface area contributed by atoms with Crippen LogP contribution in [0.5, 0.6) is 5.75 Å². The Bertz CT molecular complexity index is 423. The average Bonchev–Trinajstić information content (AvgIpc) is 2.15. The maximum Gasteiger partial charge on any atom is 0.303 e. The van der Waals surface area contributed by atoms with Gasteiger partial charge in [-0.05, 0) is 37.5 Å². The van der Waals surface area contributed by atoms with Crippen molar-refractivity contribution in [2.24, 2.45) is 0 Å². The fraction of sp³-hybridized carbons (Fsp3) is 0.462. The molecule has 1 aromatic carbocycles. The molecule has 1 heterocycles. The Morgan fingerprint density at radius 2 is 2.25 bits per heavy atom. The smallest absolute Gasteiger partial charge is 0.303 e. The van der Waals surface area contributed by atoms with Crippen LogP contribution in [0.3, 0.4) is 0 Å². The Morgan fingerprint density at radius 3 is 2.94 bits per heavy atom. The summed E-state index contributed by atoms with van der Waals surface area (Å²) in [6.45, 7) is 4.67.